The Bertz CT molecular complexity index is 273. The molecule has 0 amide bonds. The van der Waals surface area contributed by atoms with E-state index in [4.69, 9.17) is 0 Å². The van der Waals surface area contributed by atoms with Crippen LogP contribution in [0.25, 0.3) is 0 Å². The summed E-state index contributed by atoms with van der Waals surface area (Å²) in [6.45, 7) is 1.22. The Morgan fingerprint density at radius 2 is 2.25 bits per heavy atom. The van der Waals surface area contributed by atoms with Crippen molar-refractivity contribution >= 4 is 0 Å². The van der Waals surface area contributed by atoms with Crippen molar-refractivity contribution in [2.24, 2.45) is 0 Å². The molecule has 0 bridgehead atoms. The van der Waals surface area contributed by atoms with Crippen LogP contribution in [0.5, 0.6) is 0 Å². The second-order valence-corrected chi connectivity index (χ2v) is 4.08. The van der Waals surface area contributed by atoms with Crippen LogP contribution in [0.2, 0.25) is 0 Å². The molecule has 1 aliphatic heterocycles. The highest BCUT2D eigenvalue weighted by molar-refractivity contribution is 5.47. The molecular weight excluding hydrogens is 146 g/mol. The van der Waals surface area contributed by atoms with Gasteiger partial charge in [-0.25, -0.2) is 0 Å². The Morgan fingerprint density at radius 3 is 3.25 bits per heavy atom. The van der Waals surface area contributed by atoms with E-state index in [0.29, 0.717) is 0 Å². The second kappa shape index (κ2) is 2.46. The molecule has 0 radical (unpaired) electrons. The van der Waals surface area contributed by atoms with Gasteiger partial charge in [-0.05, 0) is 49.8 Å². The molecule has 3 rings (SSSR count). The quantitative estimate of drug-likeness (QED) is 0.574. The summed E-state index contributed by atoms with van der Waals surface area (Å²) in [5.41, 5.74) is 5.16. The summed E-state index contributed by atoms with van der Waals surface area (Å²) < 4.78 is 0. The molecule has 1 heteroatoms. The average molecular weight is 161 g/mol. The van der Waals surface area contributed by atoms with Crippen LogP contribution in [0.1, 0.15) is 32.1 Å². The maximum Gasteiger partial charge on any atom is 0.0325 e. The lowest BCUT2D eigenvalue weighted by molar-refractivity contribution is 0.539. The Labute approximate surface area is 73.5 Å². The molecule has 0 aromatic carbocycles. The van der Waals surface area contributed by atoms with Gasteiger partial charge in [0, 0.05) is 6.04 Å². The fourth-order valence-corrected chi connectivity index (χ4v) is 2.90. The molecule has 3 aliphatic rings. The van der Waals surface area contributed by atoms with Crippen molar-refractivity contribution in [3.8, 4) is 0 Å². The zero-order valence-corrected chi connectivity index (χ0v) is 7.40. The molecule has 0 aromatic heterocycles. The van der Waals surface area contributed by atoms with Gasteiger partial charge in [0.25, 0.3) is 0 Å². The van der Waals surface area contributed by atoms with E-state index in [0.717, 1.165) is 6.04 Å². The lowest BCUT2D eigenvalue weighted by Gasteiger charge is -2.27. The zero-order chi connectivity index (χ0) is 7.97. The first kappa shape index (κ1) is 6.90. The molecule has 1 atom stereocenters. The highest BCUT2D eigenvalue weighted by Crippen LogP contribution is 2.40. The molecule has 0 spiro atoms. The molecular formula is C11H15N. The highest BCUT2D eigenvalue weighted by atomic mass is 14.9. The summed E-state index contributed by atoms with van der Waals surface area (Å²) in [5.74, 6) is 0. The molecule has 2 aliphatic carbocycles. The van der Waals surface area contributed by atoms with Crippen molar-refractivity contribution in [1.29, 1.82) is 0 Å². The number of allylic oxidation sites excluding steroid dienone is 1. The predicted octanol–water partition coefficient (Wildman–Crippen LogP) is 2.16. The van der Waals surface area contributed by atoms with Crippen LogP contribution in [-0.4, -0.2) is 12.6 Å². The first-order chi connectivity index (χ1) is 5.95. The van der Waals surface area contributed by atoms with Crippen molar-refractivity contribution in [2.75, 3.05) is 6.54 Å². The lowest BCUT2D eigenvalue weighted by atomic mass is 9.87. The molecule has 1 nitrogen and oxygen atoms in total. The number of rotatable bonds is 0. The van der Waals surface area contributed by atoms with Gasteiger partial charge in [-0.3, -0.25) is 0 Å². The number of hydrogen-bond acceptors (Lipinski definition) is 1. The van der Waals surface area contributed by atoms with E-state index >= 15 is 0 Å². The molecule has 1 unspecified atom stereocenters. The van der Waals surface area contributed by atoms with Crippen molar-refractivity contribution in [3.05, 3.63) is 22.8 Å². The first-order valence-corrected chi connectivity index (χ1v) is 5.10. The first-order valence-electron chi connectivity index (χ1n) is 5.10. The summed E-state index contributed by atoms with van der Waals surface area (Å²) >= 11 is 0. The van der Waals surface area contributed by atoms with Gasteiger partial charge in [-0.2, -0.15) is 0 Å². The number of hydrogen-bond donors (Lipinski definition) is 1. The standard InChI is InChI=1S/C11H15N/c1-2-8-4-5-10-11(8)9(3-1)6-7-12-10/h2,10,12H,1,3-7H2. The summed E-state index contributed by atoms with van der Waals surface area (Å²) in [7, 11) is 0. The minimum Gasteiger partial charge on any atom is -0.310 e. The summed E-state index contributed by atoms with van der Waals surface area (Å²) in [6.07, 6.45) is 9.11. The largest absolute Gasteiger partial charge is 0.310 e. The van der Waals surface area contributed by atoms with Crippen molar-refractivity contribution in [3.63, 3.8) is 0 Å². The summed E-state index contributed by atoms with van der Waals surface area (Å²) in [4.78, 5) is 0. The van der Waals surface area contributed by atoms with Gasteiger partial charge in [0.15, 0.2) is 0 Å². The van der Waals surface area contributed by atoms with E-state index in [2.05, 4.69) is 11.4 Å². The minimum atomic E-state index is 0.736. The van der Waals surface area contributed by atoms with Crippen molar-refractivity contribution < 1.29 is 0 Å². The van der Waals surface area contributed by atoms with Gasteiger partial charge >= 0.3 is 0 Å². The fraction of sp³-hybridized carbons (Fsp3) is 0.636. The summed E-state index contributed by atoms with van der Waals surface area (Å²) in [6, 6.07) is 0.736. The normalized spacial score (nSPS) is 33.3. The van der Waals surface area contributed by atoms with Gasteiger partial charge in [0.1, 0.15) is 0 Å². The fourth-order valence-electron chi connectivity index (χ4n) is 2.90. The van der Waals surface area contributed by atoms with Crippen molar-refractivity contribution in [1.82, 2.24) is 5.32 Å². The monoisotopic (exact) mass is 161 g/mol. The Balaban J connectivity index is 2.10. The van der Waals surface area contributed by atoms with Gasteiger partial charge in [-0.1, -0.05) is 11.6 Å². The average Bonchev–Trinajstić information content (AvgIpc) is 2.52. The van der Waals surface area contributed by atoms with Crippen LogP contribution in [0.15, 0.2) is 22.8 Å². The topological polar surface area (TPSA) is 12.0 Å². The maximum atomic E-state index is 3.61. The third kappa shape index (κ3) is 0.831. The third-order valence-corrected chi connectivity index (χ3v) is 3.43. The van der Waals surface area contributed by atoms with Crippen LogP contribution in [0.4, 0.5) is 0 Å². The Kier molecular flexibility index (Phi) is 1.42. The molecule has 1 N–H and O–H groups in total. The van der Waals surface area contributed by atoms with E-state index in [1.807, 2.05) is 0 Å². The van der Waals surface area contributed by atoms with Crippen LogP contribution in [0.3, 0.4) is 0 Å². The Morgan fingerprint density at radius 1 is 1.25 bits per heavy atom. The zero-order valence-electron chi connectivity index (χ0n) is 7.40. The smallest absolute Gasteiger partial charge is 0.0325 e. The van der Waals surface area contributed by atoms with Gasteiger partial charge in [0.05, 0.1) is 0 Å². The maximum absolute atomic E-state index is 3.61. The lowest BCUT2D eigenvalue weighted by Crippen LogP contribution is -2.34. The van der Waals surface area contributed by atoms with E-state index in [1.54, 1.807) is 16.7 Å². The van der Waals surface area contributed by atoms with E-state index < -0.39 is 0 Å². The number of nitrogens with one attached hydrogen (secondary N) is 1. The van der Waals surface area contributed by atoms with E-state index in [9.17, 15) is 0 Å². The van der Waals surface area contributed by atoms with Crippen LogP contribution in [-0.2, 0) is 0 Å². The highest BCUT2D eigenvalue weighted by Gasteiger charge is 2.31. The summed E-state index contributed by atoms with van der Waals surface area (Å²) in [5, 5.41) is 3.61. The third-order valence-electron chi connectivity index (χ3n) is 3.43. The van der Waals surface area contributed by atoms with Crippen LogP contribution < -0.4 is 5.32 Å². The molecule has 0 saturated heterocycles. The van der Waals surface area contributed by atoms with E-state index in [1.165, 1.54) is 38.6 Å². The molecule has 1 fully saturated rings. The molecule has 12 heavy (non-hydrogen) atoms. The van der Waals surface area contributed by atoms with Gasteiger partial charge in [-0.15, -0.1) is 0 Å². The van der Waals surface area contributed by atoms with Gasteiger partial charge < -0.3 is 5.32 Å². The SMILES string of the molecule is C1=C2CCC3NCCC(=C23)CC1. The predicted molar refractivity (Wildman–Crippen MR) is 50.0 cm³/mol. The molecule has 1 saturated carbocycles. The molecule has 64 valence electrons. The Hall–Kier alpha value is -0.560. The second-order valence-electron chi connectivity index (χ2n) is 4.08. The van der Waals surface area contributed by atoms with Gasteiger partial charge in [0.2, 0.25) is 0 Å². The van der Waals surface area contributed by atoms with Crippen molar-refractivity contribution in [2.45, 2.75) is 38.1 Å². The van der Waals surface area contributed by atoms with E-state index in [-0.39, 0.29) is 0 Å². The van der Waals surface area contributed by atoms with Crippen LogP contribution in [0, 0.1) is 0 Å². The van der Waals surface area contributed by atoms with Crippen LogP contribution >= 0.6 is 0 Å². The minimum absolute atomic E-state index is 0.736. The molecule has 0 aromatic rings. The molecule has 1 heterocycles.